The van der Waals surface area contributed by atoms with Crippen LogP contribution in [-0.2, 0) is 6.18 Å². The molecule has 1 aliphatic heterocycles. The first-order valence-electron chi connectivity index (χ1n) is 8.81. The largest absolute Gasteiger partial charge is 0.497 e. The van der Waals surface area contributed by atoms with Gasteiger partial charge in [0.25, 0.3) is 0 Å². The third-order valence-corrected chi connectivity index (χ3v) is 4.89. The van der Waals surface area contributed by atoms with Gasteiger partial charge in [0.05, 0.1) is 29.8 Å². The molecule has 6 nitrogen and oxygen atoms in total. The first-order valence-corrected chi connectivity index (χ1v) is 8.81. The standard InChI is InChI=1S/C21H15F3N4O2/c1-29-14-8-4-12(5-9-14)18-17-16(11-2-6-13(7-3-11)21(22,23)24)15(10-25)19(26)30-20(17)28-27-18/h2-9,16H,26H2,1H3,(H,27,28)/t16-/m0/s1. The zero-order valence-corrected chi connectivity index (χ0v) is 15.6. The summed E-state index contributed by atoms with van der Waals surface area (Å²) in [6.45, 7) is 0. The lowest BCUT2D eigenvalue weighted by Gasteiger charge is -2.24. The third kappa shape index (κ3) is 3.22. The van der Waals surface area contributed by atoms with Crippen molar-refractivity contribution < 1.29 is 22.6 Å². The van der Waals surface area contributed by atoms with E-state index in [0.29, 0.717) is 22.6 Å². The summed E-state index contributed by atoms with van der Waals surface area (Å²) in [5, 5.41) is 16.7. The number of nitrogens with one attached hydrogen (secondary N) is 1. The average Bonchev–Trinajstić information content (AvgIpc) is 3.15. The fraction of sp³-hybridized carbons (Fsp3) is 0.143. The first-order chi connectivity index (χ1) is 14.3. The Bertz CT molecular complexity index is 1160. The molecule has 1 aliphatic rings. The number of hydrogen-bond donors (Lipinski definition) is 2. The molecule has 0 radical (unpaired) electrons. The van der Waals surface area contributed by atoms with Gasteiger partial charge in [-0.25, -0.2) is 0 Å². The van der Waals surface area contributed by atoms with Crippen LogP contribution in [0.2, 0.25) is 0 Å². The van der Waals surface area contributed by atoms with Crippen LogP contribution in [0.4, 0.5) is 13.2 Å². The molecule has 9 heteroatoms. The van der Waals surface area contributed by atoms with Gasteiger partial charge in [-0.2, -0.15) is 18.4 Å². The van der Waals surface area contributed by atoms with Crippen molar-refractivity contribution in [2.24, 2.45) is 5.73 Å². The number of benzene rings is 2. The van der Waals surface area contributed by atoms with Gasteiger partial charge in [-0.1, -0.05) is 12.1 Å². The highest BCUT2D eigenvalue weighted by atomic mass is 19.4. The minimum absolute atomic E-state index is 0.0958. The number of alkyl halides is 3. The summed E-state index contributed by atoms with van der Waals surface area (Å²) in [6, 6.07) is 13.7. The number of hydrogen-bond acceptors (Lipinski definition) is 5. The Balaban J connectivity index is 1.86. The van der Waals surface area contributed by atoms with Crippen molar-refractivity contribution in [2.45, 2.75) is 12.1 Å². The number of aromatic nitrogens is 2. The highest BCUT2D eigenvalue weighted by Crippen LogP contribution is 2.46. The first kappa shape index (κ1) is 19.4. The Morgan fingerprint density at radius 1 is 1.13 bits per heavy atom. The SMILES string of the molecule is COc1ccc(-c2[nH]nc3c2[C@@H](c2ccc(C(F)(F)F)cc2)C(C#N)=C(N)O3)cc1. The molecule has 3 N–H and O–H groups in total. The second-order valence-electron chi connectivity index (χ2n) is 6.59. The molecular weight excluding hydrogens is 397 g/mol. The molecule has 0 unspecified atom stereocenters. The fourth-order valence-electron chi connectivity index (χ4n) is 3.42. The van der Waals surface area contributed by atoms with Crippen molar-refractivity contribution >= 4 is 0 Å². The van der Waals surface area contributed by atoms with Crippen LogP contribution in [-0.4, -0.2) is 17.3 Å². The summed E-state index contributed by atoms with van der Waals surface area (Å²) in [5.41, 5.74) is 7.50. The molecule has 2 aromatic carbocycles. The number of nitrogens with two attached hydrogens (primary N) is 1. The van der Waals surface area contributed by atoms with Crippen LogP contribution in [0.1, 0.15) is 22.6 Å². The fourth-order valence-corrected chi connectivity index (χ4v) is 3.42. The molecule has 0 bridgehead atoms. The number of rotatable bonds is 3. The van der Waals surface area contributed by atoms with Crippen molar-refractivity contribution in [3.63, 3.8) is 0 Å². The molecule has 152 valence electrons. The molecule has 0 amide bonds. The van der Waals surface area contributed by atoms with Crippen LogP contribution in [0, 0.1) is 11.3 Å². The smallest absolute Gasteiger partial charge is 0.416 e. The van der Waals surface area contributed by atoms with Crippen LogP contribution in [0.3, 0.4) is 0 Å². The van der Waals surface area contributed by atoms with Gasteiger partial charge in [0.15, 0.2) is 0 Å². The van der Waals surface area contributed by atoms with Crippen molar-refractivity contribution in [1.29, 1.82) is 5.26 Å². The van der Waals surface area contributed by atoms with Crippen molar-refractivity contribution in [1.82, 2.24) is 10.2 Å². The number of aromatic amines is 1. The van der Waals surface area contributed by atoms with Gasteiger partial charge in [0.2, 0.25) is 11.8 Å². The van der Waals surface area contributed by atoms with Gasteiger partial charge in [-0.3, -0.25) is 5.10 Å². The predicted molar refractivity (Wildman–Crippen MR) is 101 cm³/mol. The Labute approximate surface area is 169 Å². The monoisotopic (exact) mass is 412 g/mol. The lowest BCUT2D eigenvalue weighted by Crippen LogP contribution is -2.21. The van der Waals surface area contributed by atoms with Crippen molar-refractivity contribution in [2.75, 3.05) is 7.11 Å². The molecule has 0 spiro atoms. The summed E-state index contributed by atoms with van der Waals surface area (Å²) in [4.78, 5) is 0. The second kappa shape index (κ2) is 7.15. The lowest BCUT2D eigenvalue weighted by atomic mass is 9.83. The number of nitrogens with zero attached hydrogens (tertiary/aromatic N) is 2. The molecule has 0 saturated heterocycles. The summed E-state index contributed by atoms with van der Waals surface area (Å²) >= 11 is 0. The van der Waals surface area contributed by atoms with E-state index >= 15 is 0 Å². The van der Waals surface area contributed by atoms with E-state index in [9.17, 15) is 18.4 Å². The van der Waals surface area contributed by atoms with E-state index in [4.69, 9.17) is 15.2 Å². The number of halogens is 3. The van der Waals surface area contributed by atoms with Gasteiger partial charge >= 0.3 is 6.18 Å². The summed E-state index contributed by atoms with van der Waals surface area (Å²) in [6.07, 6.45) is -4.46. The van der Waals surface area contributed by atoms with E-state index in [1.54, 1.807) is 31.4 Å². The Morgan fingerprint density at radius 2 is 1.80 bits per heavy atom. The Kier molecular flexibility index (Phi) is 4.62. The van der Waals surface area contributed by atoms with E-state index in [-0.39, 0.29) is 17.3 Å². The number of fused-ring (bicyclic) bond motifs is 1. The highest BCUT2D eigenvalue weighted by molar-refractivity contribution is 5.71. The molecule has 0 fully saturated rings. The van der Waals surface area contributed by atoms with Crippen molar-refractivity contribution in [3.05, 3.63) is 76.7 Å². The number of ether oxygens (including phenoxy) is 2. The number of allylic oxidation sites excluding steroid dienone is 1. The van der Waals surface area contributed by atoms with Gasteiger partial charge in [-0.05, 0) is 42.0 Å². The van der Waals surface area contributed by atoms with Gasteiger partial charge < -0.3 is 15.2 Å². The van der Waals surface area contributed by atoms with E-state index < -0.39 is 17.7 Å². The topological polar surface area (TPSA) is 97.0 Å². The van der Waals surface area contributed by atoms with Crippen LogP contribution in [0.15, 0.2) is 60.0 Å². The molecule has 1 aromatic heterocycles. The van der Waals surface area contributed by atoms with Crippen LogP contribution in [0.25, 0.3) is 11.3 Å². The number of methoxy groups -OCH3 is 1. The van der Waals surface area contributed by atoms with E-state index in [2.05, 4.69) is 10.2 Å². The van der Waals surface area contributed by atoms with Crippen LogP contribution >= 0.6 is 0 Å². The second-order valence-corrected chi connectivity index (χ2v) is 6.59. The minimum atomic E-state index is -4.46. The van der Waals surface area contributed by atoms with Gasteiger partial charge in [0.1, 0.15) is 17.4 Å². The molecule has 3 aromatic rings. The predicted octanol–water partition coefficient (Wildman–Crippen LogP) is 4.32. The Hall–Kier alpha value is -3.93. The molecule has 4 rings (SSSR count). The number of nitriles is 1. The average molecular weight is 412 g/mol. The maximum absolute atomic E-state index is 13.0. The Morgan fingerprint density at radius 3 is 2.37 bits per heavy atom. The summed E-state index contributed by atoms with van der Waals surface area (Å²) in [5.74, 6) is -0.0497. The highest BCUT2D eigenvalue weighted by Gasteiger charge is 2.36. The normalized spacial score (nSPS) is 15.9. The van der Waals surface area contributed by atoms with E-state index in [1.807, 2.05) is 6.07 Å². The van der Waals surface area contributed by atoms with E-state index in [0.717, 1.165) is 17.7 Å². The lowest BCUT2D eigenvalue weighted by molar-refractivity contribution is -0.137. The van der Waals surface area contributed by atoms with Gasteiger partial charge in [0, 0.05) is 5.56 Å². The zero-order valence-electron chi connectivity index (χ0n) is 15.6. The van der Waals surface area contributed by atoms with E-state index in [1.165, 1.54) is 12.1 Å². The zero-order chi connectivity index (χ0) is 21.5. The van der Waals surface area contributed by atoms with Crippen LogP contribution < -0.4 is 15.2 Å². The summed E-state index contributed by atoms with van der Waals surface area (Å²) < 4.78 is 49.6. The third-order valence-electron chi connectivity index (χ3n) is 4.89. The maximum atomic E-state index is 13.0. The molecule has 0 aliphatic carbocycles. The summed E-state index contributed by atoms with van der Waals surface area (Å²) in [7, 11) is 1.55. The quantitative estimate of drug-likeness (QED) is 0.668. The molecule has 2 heterocycles. The minimum Gasteiger partial charge on any atom is -0.497 e. The molecule has 1 atom stereocenters. The molecule has 30 heavy (non-hydrogen) atoms. The maximum Gasteiger partial charge on any atom is 0.416 e. The van der Waals surface area contributed by atoms with Gasteiger partial charge in [-0.15, -0.1) is 5.10 Å². The molecule has 0 saturated carbocycles. The van der Waals surface area contributed by atoms with Crippen LogP contribution in [0.5, 0.6) is 11.6 Å². The number of H-pyrrole nitrogens is 1. The van der Waals surface area contributed by atoms with Crippen molar-refractivity contribution in [3.8, 4) is 29.0 Å². The molecular formula is C21H15F3N4O2.